The number of carbonyl (C=O) groups is 2. The molecule has 3 heterocycles. The zero-order valence-electron chi connectivity index (χ0n) is 19.3. The number of fused-ring (bicyclic) bond motifs is 1. The van der Waals surface area contributed by atoms with Crippen molar-refractivity contribution in [3.05, 3.63) is 69.2 Å². The van der Waals surface area contributed by atoms with Gasteiger partial charge in [-0.1, -0.05) is 23.7 Å². The molecule has 0 aliphatic carbocycles. The van der Waals surface area contributed by atoms with Gasteiger partial charge in [0.05, 0.1) is 28.7 Å². The molecule has 2 saturated heterocycles. The summed E-state index contributed by atoms with van der Waals surface area (Å²) >= 11 is 6.62. The highest BCUT2D eigenvalue weighted by Crippen LogP contribution is 2.35. The van der Waals surface area contributed by atoms with Gasteiger partial charge in [0, 0.05) is 36.6 Å². The quantitative estimate of drug-likeness (QED) is 0.284. The summed E-state index contributed by atoms with van der Waals surface area (Å²) in [5.41, 5.74) is 0.491. The van der Waals surface area contributed by atoms with Crippen LogP contribution in [0.3, 0.4) is 0 Å². The maximum absolute atomic E-state index is 13.5. The van der Waals surface area contributed by atoms with Crippen LogP contribution < -0.4 is 0 Å². The summed E-state index contributed by atoms with van der Waals surface area (Å²) in [6, 6.07) is 8.82. The first kappa shape index (κ1) is 25.7. The first-order valence-electron chi connectivity index (χ1n) is 11.5. The predicted molar refractivity (Wildman–Crippen MR) is 134 cm³/mol. The number of benzene rings is 2. The van der Waals surface area contributed by atoms with E-state index in [1.165, 1.54) is 27.9 Å². The van der Waals surface area contributed by atoms with E-state index in [2.05, 4.69) is 5.10 Å². The fraction of sp³-hybridized carbons (Fsp3) is 0.320. The number of halogens is 5. The van der Waals surface area contributed by atoms with Crippen LogP contribution in [0.4, 0.5) is 22.4 Å². The van der Waals surface area contributed by atoms with Crippen LogP contribution >= 0.6 is 23.4 Å². The molecule has 1 aromatic heterocycles. The normalized spacial score (nSPS) is 20.2. The number of aromatic nitrogens is 2. The van der Waals surface area contributed by atoms with Crippen molar-refractivity contribution >= 4 is 51.5 Å². The van der Waals surface area contributed by atoms with E-state index in [0.717, 1.165) is 17.8 Å². The molecule has 3 aromatic rings. The minimum Gasteiger partial charge on any atom is -0.299 e. The molecule has 0 unspecified atom stereocenters. The van der Waals surface area contributed by atoms with E-state index in [-0.39, 0.29) is 33.8 Å². The lowest BCUT2D eigenvalue weighted by Crippen LogP contribution is -2.36. The monoisotopic (exact) mass is 552 g/mol. The maximum Gasteiger partial charge on any atom is 0.416 e. The molecular formula is C25H21ClF4N4O2S. The Labute approximate surface area is 218 Å². The van der Waals surface area contributed by atoms with Crippen LogP contribution in [0, 0.1) is 0 Å². The second-order valence-electron chi connectivity index (χ2n) is 8.94. The van der Waals surface area contributed by atoms with Gasteiger partial charge in [-0.25, -0.2) is 4.39 Å². The van der Waals surface area contributed by atoms with Crippen molar-refractivity contribution in [2.75, 3.05) is 26.2 Å². The molecule has 2 aliphatic rings. The summed E-state index contributed by atoms with van der Waals surface area (Å²) in [6.45, 7) is 1.45. The Bertz CT molecular complexity index is 1410. The molecule has 37 heavy (non-hydrogen) atoms. The average molecular weight is 553 g/mol. The lowest BCUT2D eigenvalue weighted by molar-refractivity contribution is -0.138. The van der Waals surface area contributed by atoms with Crippen molar-refractivity contribution in [1.29, 1.82) is 0 Å². The number of likely N-dealkylation sites (tertiary alicyclic amines) is 1. The zero-order valence-corrected chi connectivity index (χ0v) is 20.9. The van der Waals surface area contributed by atoms with E-state index < -0.39 is 23.8 Å². The lowest BCUT2D eigenvalue weighted by Gasteiger charge is -2.18. The highest BCUT2D eigenvalue weighted by atomic mass is 35.5. The molecule has 0 radical (unpaired) electrons. The van der Waals surface area contributed by atoms with Crippen molar-refractivity contribution in [3.8, 4) is 0 Å². The van der Waals surface area contributed by atoms with Gasteiger partial charge >= 0.3 is 6.18 Å². The van der Waals surface area contributed by atoms with Crippen LogP contribution in [0.15, 0.2) is 47.5 Å². The Morgan fingerprint density at radius 3 is 2.68 bits per heavy atom. The number of alkyl halides is 4. The molecule has 6 nitrogen and oxygen atoms in total. The standard InChI is InChI=1S/C25H21ClF4N4O2S/c26-18-3-2-16(20(11-18)25(28,29)30)13-34-21-4-1-15(9-17(21)12-31-34)10-22-23(35)33(24(36)37-22)8-7-32-6-5-19(27)14-32/h1-4,9-12,19H,5-8,13-14H2/t19-/m0/s1. The molecule has 2 fully saturated rings. The molecule has 5 rings (SSSR count). The Kier molecular flexibility index (Phi) is 7.03. The molecule has 0 spiro atoms. The van der Waals surface area contributed by atoms with Gasteiger partial charge in [-0.2, -0.15) is 18.3 Å². The van der Waals surface area contributed by atoms with Crippen molar-refractivity contribution in [3.63, 3.8) is 0 Å². The summed E-state index contributed by atoms with van der Waals surface area (Å²) in [7, 11) is 0. The molecule has 194 valence electrons. The van der Waals surface area contributed by atoms with Crippen LogP contribution in [-0.4, -0.2) is 63.1 Å². The Balaban J connectivity index is 1.32. The van der Waals surface area contributed by atoms with Crippen molar-refractivity contribution in [1.82, 2.24) is 19.6 Å². The Morgan fingerprint density at radius 2 is 1.95 bits per heavy atom. The minimum absolute atomic E-state index is 0.0000945. The summed E-state index contributed by atoms with van der Waals surface area (Å²) in [4.78, 5) is 28.5. The first-order chi connectivity index (χ1) is 17.6. The molecule has 0 saturated carbocycles. The van der Waals surface area contributed by atoms with Gasteiger partial charge in [0.25, 0.3) is 11.1 Å². The molecule has 0 N–H and O–H groups in total. The summed E-state index contributed by atoms with van der Waals surface area (Å²) in [5.74, 6) is -0.399. The lowest BCUT2D eigenvalue weighted by atomic mass is 10.1. The molecular weight excluding hydrogens is 532 g/mol. The largest absolute Gasteiger partial charge is 0.416 e. The third-order valence-electron chi connectivity index (χ3n) is 6.39. The van der Waals surface area contributed by atoms with E-state index in [9.17, 15) is 27.2 Å². The van der Waals surface area contributed by atoms with E-state index >= 15 is 0 Å². The van der Waals surface area contributed by atoms with Gasteiger partial charge in [-0.15, -0.1) is 0 Å². The van der Waals surface area contributed by atoms with E-state index in [0.29, 0.717) is 42.5 Å². The fourth-order valence-electron chi connectivity index (χ4n) is 4.51. The van der Waals surface area contributed by atoms with Crippen LogP contribution in [-0.2, 0) is 17.5 Å². The van der Waals surface area contributed by atoms with Gasteiger partial charge in [0.1, 0.15) is 6.17 Å². The van der Waals surface area contributed by atoms with Gasteiger partial charge in [0.2, 0.25) is 0 Å². The molecule has 0 bridgehead atoms. The third-order valence-corrected chi connectivity index (χ3v) is 7.53. The highest BCUT2D eigenvalue weighted by molar-refractivity contribution is 8.18. The summed E-state index contributed by atoms with van der Waals surface area (Å²) < 4.78 is 55.3. The van der Waals surface area contributed by atoms with Crippen LogP contribution in [0.1, 0.15) is 23.1 Å². The van der Waals surface area contributed by atoms with Crippen molar-refractivity contribution < 1.29 is 27.2 Å². The number of hydrogen-bond donors (Lipinski definition) is 0. The number of carbonyl (C=O) groups excluding carboxylic acids is 2. The predicted octanol–water partition coefficient (Wildman–Crippen LogP) is 5.84. The van der Waals surface area contributed by atoms with Gasteiger partial charge in [-0.05, 0) is 59.7 Å². The first-order valence-corrected chi connectivity index (χ1v) is 12.7. The number of hydrogen-bond acceptors (Lipinski definition) is 5. The maximum atomic E-state index is 13.5. The van der Waals surface area contributed by atoms with Crippen LogP contribution in [0.2, 0.25) is 5.02 Å². The topological polar surface area (TPSA) is 58.4 Å². The van der Waals surface area contributed by atoms with Gasteiger partial charge < -0.3 is 0 Å². The smallest absolute Gasteiger partial charge is 0.299 e. The van der Waals surface area contributed by atoms with Crippen LogP contribution in [0.5, 0.6) is 0 Å². The number of imide groups is 1. The number of rotatable bonds is 6. The van der Waals surface area contributed by atoms with E-state index in [4.69, 9.17) is 11.6 Å². The molecule has 2 aliphatic heterocycles. The summed E-state index contributed by atoms with van der Waals surface area (Å²) in [5, 5.41) is 4.55. The zero-order chi connectivity index (χ0) is 26.3. The Hall–Kier alpha value is -2.89. The van der Waals surface area contributed by atoms with Crippen molar-refractivity contribution in [2.24, 2.45) is 0 Å². The van der Waals surface area contributed by atoms with E-state index in [1.807, 2.05) is 4.90 Å². The Morgan fingerprint density at radius 1 is 1.14 bits per heavy atom. The fourth-order valence-corrected chi connectivity index (χ4v) is 5.54. The highest BCUT2D eigenvalue weighted by Gasteiger charge is 2.36. The van der Waals surface area contributed by atoms with Crippen LogP contribution in [0.25, 0.3) is 17.0 Å². The third kappa shape index (κ3) is 5.53. The van der Waals surface area contributed by atoms with Crippen molar-refractivity contribution in [2.45, 2.75) is 25.3 Å². The number of thioether (sulfide) groups is 1. The average Bonchev–Trinajstić information content (AvgIpc) is 3.51. The molecule has 2 amide bonds. The molecule has 12 heteroatoms. The van der Waals surface area contributed by atoms with Gasteiger partial charge in [-0.3, -0.25) is 24.1 Å². The second-order valence-corrected chi connectivity index (χ2v) is 10.4. The minimum atomic E-state index is -4.55. The van der Waals surface area contributed by atoms with Gasteiger partial charge in [0.15, 0.2) is 0 Å². The molecule has 2 aromatic carbocycles. The SMILES string of the molecule is O=C1SC(=Cc2ccc3c(cnn3Cc3ccc(Cl)cc3C(F)(F)F)c2)C(=O)N1CCN1CC[C@H](F)C1. The number of amides is 2. The summed E-state index contributed by atoms with van der Waals surface area (Å²) in [6.07, 6.45) is -1.81. The number of nitrogens with zero attached hydrogens (tertiary/aromatic N) is 4. The van der Waals surface area contributed by atoms with E-state index in [1.54, 1.807) is 24.3 Å². The molecule has 1 atom stereocenters. The second kappa shape index (κ2) is 10.1.